The lowest BCUT2D eigenvalue weighted by Crippen LogP contribution is -2.20. The van der Waals surface area contributed by atoms with Crippen molar-refractivity contribution in [3.8, 4) is 11.5 Å². The van der Waals surface area contributed by atoms with Gasteiger partial charge in [-0.15, -0.1) is 15.3 Å². The van der Waals surface area contributed by atoms with E-state index in [1.807, 2.05) is 25.1 Å². The molecule has 2 amide bonds. The normalized spacial score (nSPS) is 12.1. The maximum atomic E-state index is 12.3. The van der Waals surface area contributed by atoms with Crippen molar-refractivity contribution in [3.63, 3.8) is 0 Å². The smallest absolute Gasteiger partial charge is 0.326 e. The van der Waals surface area contributed by atoms with Crippen LogP contribution in [-0.4, -0.2) is 47.1 Å². The fourth-order valence-electron chi connectivity index (χ4n) is 2.73. The zero-order valence-corrected chi connectivity index (χ0v) is 15.0. The van der Waals surface area contributed by atoms with Gasteiger partial charge in [-0.05, 0) is 31.2 Å². The number of rotatable bonds is 5. The first-order valence-corrected chi connectivity index (χ1v) is 8.64. The minimum atomic E-state index is -0.460. The minimum Gasteiger partial charge on any atom is -0.394 e. The van der Waals surface area contributed by atoms with Crippen LogP contribution < -0.4 is 10.6 Å². The Hall–Kier alpha value is -3.79. The van der Waals surface area contributed by atoms with E-state index in [9.17, 15) is 9.90 Å². The lowest BCUT2D eigenvalue weighted by Gasteiger charge is -2.12. The molecular formula is C18H18N8O2. The van der Waals surface area contributed by atoms with E-state index < -0.39 is 6.03 Å². The number of nitrogens with one attached hydrogen (secondary N) is 2. The van der Waals surface area contributed by atoms with Crippen LogP contribution in [0.2, 0.25) is 0 Å². The highest BCUT2D eigenvalue weighted by Gasteiger charge is 2.14. The molecule has 142 valence electrons. The van der Waals surface area contributed by atoms with Crippen LogP contribution in [0.25, 0.3) is 17.0 Å². The van der Waals surface area contributed by atoms with Gasteiger partial charge in [0.15, 0.2) is 11.6 Å². The number of aromatic nitrogens is 6. The molecule has 4 heterocycles. The van der Waals surface area contributed by atoms with E-state index in [1.165, 1.54) is 6.33 Å². The molecule has 28 heavy (non-hydrogen) atoms. The van der Waals surface area contributed by atoms with Crippen LogP contribution in [0.3, 0.4) is 0 Å². The highest BCUT2D eigenvalue weighted by atomic mass is 16.3. The van der Waals surface area contributed by atoms with Crippen LogP contribution in [0.1, 0.15) is 13.0 Å². The molecule has 0 aliphatic heterocycles. The average molecular weight is 378 g/mol. The first-order valence-electron chi connectivity index (χ1n) is 8.64. The van der Waals surface area contributed by atoms with Gasteiger partial charge in [0.05, 0.1) is 18.2 Å². The number of hydrogen-bond donors (Lipinski definition) is 3. The molecule has 4 rings (SSSR count). The molecule has 0 saturated carbocycles. The first-order chi connectivity index (χ1) is 13.6. The van der Waals surface area contributed by atoms with Crippen LogP contribution in [0.4, 0.5) is 16.4 Å². The number of pyridine rings is 2. The third-order valence-electron chi connectivity index (χ3n) is 4.14. The van der Waals surface area contributed by atoms with Crippen LogP contribution in [0.15, 0.2) is 55.0 Å². The zero-order valence-electron chi connectivity index (χ0n) is 15.0. The van der Waals surface area contributed by atoms with Gasteiger partial charge in [-0.2, -0.15) is 0 Å². The van der Waals surface area contributed by atoms with Crippen molar-refractivity contribution in [1.29, 1.82) is 0 Å². The van der Waals surface area contributed by atoms with Crippen molar-refractivity contribution in [1.82, 2.24) is 29.4 Å². The van der Waals surface area contributed by atoms with Crippen molar-refractivity contribution >= 4 is 23.2 Å². The summed E-state index contributed by atoms with van der Waals surface area (Å²) >= 11 is 0. The number of urea groups is 1. The molecule has 0 aromatic carbocycles. The summed E-state index contributed by atoms with van der Waals surface area (Å²) in [5.41, 5.74) is 1.40. The number of fused-ring (bicyclic) bond motifs is 1. The second-order valence-electron chi connectivity index (χ2n) is 6.18. The van der Waals surface area contributed by atoms with Gasteiger partial charge in [-0.3, -0.25) is 10.6 Å². The van der Waals surface area contributed by atoms with Gasteiger partial charge in [0, 0.05) is 12.3 Å². The Morgan fingerprint density at radius 2 is 2.04 bits per heavy atom. The molecule has 0 aliphatic carbocycles. The third kappa shape index (κ3) is 3.53. The third-order valence-corrected chi connectivity index (χ3v) is 4.14. The number of aliphatic hydroxyl groups is 1. The van der Waals surface area contributed by atoms with E-state index in [-0.39, 0.29) is 12.6 Å². The Kier molecular flexibility index (Phi) is 4.68. The zero-order chi connectivity index (χ0) is 19.5. The molecule has 4 aromatic heterocycles. The van der Waals surface area contributed by atoms with Gasteiger partial charge in [-0.25, -0.2) is 14.3 Å². The number of hydrogen-bond acceptors (Lipinski definition) is 6. The quantitative estimate of drug-likeness (QED) is 0.489. The molecular weight excluding hydrogens is 360 g/mol. The summed E-state index contributed by atoms with van der Waals surface area (Å²) < 4.78 is 3.40. The van der Waals surface area contributed by atoms with Gasteiger partial charge in [0.2, 0.25) is 0 Å². The molecule has 10 heteroatoms. The Labute approximate surface area is 159 Å². The van der Waals surface area contributed by atoms with Crippen LogP contribution in [0.5, 0.6) is 0 Å². The summed E-state index contributed by atoms with van der Waals surface area (Å²) in [5, 5.41) is 27.0. The fraction of sp³-hybridized carbons (Fsp3) is 0.167. The van der Waals surface area contributed by atoms with E-state index in [0.717, 1.165) is 5.52 Å². The maximum Gasteiger partial charge on any atom is 0.326 e. The fourth-order valence-corrected chi connectivity index (χ4v) is 2.73. The van der Waals surface area contributed by atoms with Gasteiger partial charge in [0.1, 0.15) is 17.8 Å². The first kappa shape index (κ1) is 17.6. The number of amides is 2. The monoisotopic (exact) mass is 378 g/mol. The second kappa shape index (κ2) is 7.45. The average Bonchev–Trinajstić information content (AvgIpc) is 3.34. The molecule has 1 unspecified atom stereocenters. The van der Waals surface area contributed by atoms with Crippen LogP contribution >= 0.6 is 0 Å². The van der Waals surface area contributed by atoms with Gasteiger partial charge >= 0.3 is 6.03 Å². The van der Waals surface area contributed by atoms with E-state index >= 15 is 0 Å². The molecule has 3 N–H and O–H groups in total. The summed E-state index contributed by atoms with van der Waals surface area (Å²) in [6.07, 6.45) is 3.33. The molecule has 0 spiro atoms. The lowest BCUT2D eigenvalue weighted by atomic mass is 10.3. The highest BCUT2D eigenvalue weighted by Crippen LogP contribution is 2.20. The Morgan fingerprint density at radius 1 is 1.18 bits per heavy atom. The second-order valence-corrected chi connectivity index (χ2v) is 6.18. The van der Waals surface area contributed by atoms with E-state index in [0.29, 0.717) is 23.2 Å². The van der Waals surface area contributed by atoms with E-state index in [2.05, 4.69) is 30.9 Å². The van der Waals surface area contributed by atoms with Crippen molar-refractivity contribution in [2.24, 2.45) is 0 Å². The number of aliphatic hydroxyl groups excluding tert-OH is 1. The molecule has 0 saturated heterocycles. The standard InChI is InChI=1S/C18H18N8O2/c1-12(10-27)25-11-19-23-17(25)14-6-4-7-15(20-14)21-18(28)22-16-9-13-5-2-3-8-26(13)24-16/h2-9,11-12,27H,10H2,1H3,(H2,20,21,22,24,28). The minimum absolute atomic E-state index is 0.0512. The van der Waals surface area contributed by atoms with Gasteiger partial charge < -0.3 is 9.67 Å². The van der Waals surface area contributed by atoms with Crippen LogP contribution in [-0.2, 0) is 0 Å². The lowest BCUT2D eigenvalue weighted by molar-refractivity contribution is 0.239. The Balaban J connectivity index is 1.50. The summed E-state index contributed by atoms with van der Waals surface area (Å²) in [5.74, 6) is 1.28. The number of anilines is 2. The van der Waals surface area contributed by atoms with Crippen LogP contribution in [0, 0.1) is 0 Å². The van der Waals surface area contributed by atoms with Gasteiger partial charge in [-0.1, -0.05) is 12.1 Å². The van der Waals surface area contributed by atoms with Crippen molar-refractivity contribution in [2.45, 2.75) is 13.0 Å². The van der Waals surface area contributed by atoms with E-state index in [4.69, 9.17) is 0 Å². The summed E-state index contributed by atoms with van der Waals surface area (Å²) in [6.45, 7) is 1.79. The molecule has 0 bridgehead atoms. The molecule has 0 radical (unpaired) electrons. The summed E-state index contributed by atoms with van der Waals surface area (Å²) in [7, 11) is 0. The predicted molar refractivity (Wildman–Crippen MR) is 103 cm³/mol. The number of carbonyl (C=O) groups excluding carboxylic acids is 1. The summed E-state index contributed by atoms with van der Waals surface area (Å²) in [4.78, 5) is 16.7. The molecule has 4 aromatic rings. The number of carbonyl (C=O) groups is 1. The molecule has 0 fully saturated rings. The largest absolute Gasteiger partial charge is 0.394 e. The highest BCUT2D eigenvalue weighted by molar-refractivity contribution is 5.99. The molecule has 10 nitrogen and oxygen atoms in total. The Bertz CT molecular complexity index is 1090. The Morgan fingerprint density at radius 3 is 2.86 bits per heavy atom. The topological polar surface area (TPSA) is 122 Å². The summed E-state index contributed by atoms with van der Waals surface area (Å²) in [6, 6.07) is 11.9. The predicted octanol–water partition coefficient (Wildman–Crippen LogP) is 2.19. The maximum absolute atomic E-state index is 12.3. The molecule has 0 aliphatic rings. The van der Waals surface area contributed by atoms with E-state index in [1.54, 1.807) is 39.5 Å². The van der Waals surface area contributed by atoms with Crippen molar-refractivity contribution in [2.75, 3.05) is 17.2 Å². The SMILES string of the molecule is CC(CO)n1cnnc1-c1cccc(NC(=O)Nc2cc3ccccn3n2)n1. The van der Waals surface area contributed by atoms with Gasteiger partial charge in [0.25, 0.3) is 0 Å². The number of nitrogens with zero attached hydrogens (tertiary/aromatic N) is 6. The molecule has 1 atom stereocenters. The van der Waals surface area contributed by atoms with Crippen molar-refractivity contribution < 1.29 is 9.90 Å². The van der Waals surface area contributed by atoms with Crippen molar-refractivity contribution in [3.05, 3.63) is 55.0 Å².